The number of benzene rings is 1. The van der Waals surface area contributed by atoms with E-state index in [0.717, 1.165) is 12.1 Å². The molecule has 0 aromatic heterocycles. The maximum atomic E-state index is 8.95. The summed E-state index contributed by atoms with van der Waals surface area (Å²) in [6.45, 7) is 0. The fourth-order valence-electron chi connectivity index (χ4n) is 0.590. The predicted molar refractivity (Wildman–Crippen MR) is 38.2 cm³/mol. The second-order valence-corrected chi connectivity index (χ2v) is 2.77. The number of hydrogen-bond acceptors (Lipinski definition) is 3. The van der Waals surface area contributed by atoms with E-state index >= 15 is 0 Å². The quantitative estimate of drug-likeness (QED) is 0.492. The normalized spacial score (nSPS) is 9.70. The van der Waals surface area contributed by atoms with Crippen LogP contribution in [0.1, 0.15) is 0 Å². The van der Waals surface area contributed by atoms with Crippen molar-refractivity contribution in [1.82, 2.24) is 0 Å². The van der Waals surface area contributed by atoms with E-state index in [4.69, 9.17) is 15.3 Å². The molecule has 0 unspecified atom stereocenters. The molecule has 0 atom stereocenters. The van der Waals surface area contributed by atoms with Crippen molar-refractivity contribution in [1.29, 1.82) is 0 Å². The van der Waals surface area contributed by atoms with Crippen LogP contribution >= 0.6 is 0 Å². The first-order valence-corrected chi connectivity index (χ1v) is 3.49. The summed E-state index contributed by atoms with van der Waals surface area (Å²) in [7, 11) is 0. The Bertz CT molecular complexity index is 236. The van der Waals surface area contributed by atoms with Gasteiger partial charge in [0, 0.05) is 0 Å². The molecule has 0 radical (unpaired) electrons. The van der Waals surface area contributed by atoms with Crippen molar-refractivity contribution in [3.8, 4) is 17.2 Å². The first kappa shape index (κ1) is 7.25. The third-order valence-electron chi connectivity index (χ3n) is 1.05. The molecule has 0 bridgehead atoms. The molecule has 1 aromatic carbocycles. The van der Waals surface area contributed by atoms with Gasteiger partial charge in [-0.25, -0.2) is 0 Å². The minimum absolute atomic E-state index is 0.127. The molecular weight excluding hydrogens is 199 g/mol. The van der Waals surface area contributed by atoms with E-state index in [-0.39, 0.29) is 17.2 Å². The predicted octanol–water partition coefficient (Wildman–Crippen LogP) is -0.671. The molecule has 0 aliphatic rings. The molecule has 0 amide bonds. The second-order valence-electron chi connectivity index (χ2n) is 1.83. The van der Waals surface area contributed by atoms with Crippen molar-refractivity contribution >= 4 is 20.5 Å². The van der Waals surface area contributed by atoms with Crippen molar-refractivity contribution in [3.63, 3.8) is 0 Å². The van der Waals surface area contributed by atoms with Gasteiger partial charge in [0.2, 0.25) is 0 Å². The second kappa shape index (κ2) is 2.40. The Morgan fingerprint density at radius 1 is 1.00 bits per heavy atom. The first-order valence-electron chi connectivity index (χ1n) is 2.55. The average molecular weight is 205 g/mol. The first-order chi connectivity index (χ1) is 4.61. The number of rotatable bonds is 0. The molecule has 1 rings (SSSR count). The molecule has 3 nitrogen and oxygen atoms in total. The summed E-state index contributed by atoms with van der Waals surface area (Å²) in [5, 5.41) is 26.7. The van der Waals surface area contributed by atoms with Gasteiger partial charge in [-0.2, -0.15) is 0 Å². The molecule has 54 valence electrons. The SMILES string of the molecule is Oc1cc(O)c([SeH])c(O)c1. The Labute approximate surface area is 65.7 Å². The van der Waals surface area contributed by atoms with Crippen LogP contribution in [0.4, 0.5) is 0 Å². The van der Waals surface area contributed by atoms with Crippen molar-refractivity contribution in [3.05, 3.63) is 12.1 Å². The fraction of sp³-hybridized carbons (Fsp3) is 0. The van der Waals surface area contributed by atoms with Crippen LogP contribution < -0.4 is 4.46 Å². The van der Waals surface area contributed by atoms with Gasteiger partial charge in [-0.3, -0.25) is 0 Å². The van der Waals surface area contributed by atoms with E-state index in [1.165, 1.54) is 0 Å². The molecule has 0 aliphatic carbocycles. The molecule has 3 N–H and O–H groups in total. The van der Waals surface area contributed by atoms with E-state index in [2.05, 4.69) is 0 Å². The summed E-state index contributed by atoms with van der Waals surface area (Å²) in [4.78, 5) is 0. The molecule has 0 aliphatic heterocycles. The van der Waals surface area contributed by atoms with Crippen molar-refractivity contribution in [2.24, 2.45) is 0 Å². The molecule has 10 heavy (non-hydrogen) atoms. The number of aromatic hydroxyl groups is 3. The summed E-state index contributed by atoms with van der Waals surface area (Å²) in [5.41, 5.74) is 0. The number of phenols is 3. The Kier molecular flexibility index (Phi) is 1.74. The molecule has 0 fully saturated rings. The Morgan fingerprint density at radius 3 is 1.80 bits per heavy atom. The zero-order chi connectivity index (χ0) is 7.72. The van der Waals surface area contributed by atoms with Crippen molar-refractivity contribution < 1.29 is 15.3 Å². The van der Waals surface area contributed by atoms with Crippen LogP contribution in [0.3, 0.4) is 0 Å². The van der Waals surface area contributed by atoms with Crippen LogP contribution in [0.5, 0.6) is 17.2 Å². The Balaban J connectivity index is 3.31. The summed E-state index contributed by atoms with van der Waals surface area (Å²) >= 11 is 2.01. The van der Waals surface area contributed by atoms with E-state index in [9.17, 15) is 0 Å². The molecule has 4 heteroatoms. The van der Waals surface area contributed by atoms with Gasteiger partial charge >= 0.3 is 65.2 Å². The third kappa shape index (κ3) is 1.17. The summed E-state index contributed by atoms with van der Waals surface area (Å²) in [5.74, 6) is -0.403. The molecule has 0 saturated heterocycles. The van der Waals surface area contributed by atoms with E-state index in [1.54, 1.807) is 0 Å². The van der Waals surface area contributed by atoms with E-state index in [1.807, 2.05) is 16.0 Å². The molecule has 0 spiro atoms. The van der Waals surface area contributed by atoms with Crippen LogP contribution in [-0.2, 0) is 0 Å². The number of hydrogen-bond donors (Lipinski definition) is 3. The molecule has 1 aromatic rings. The van der Waals surface area contributed by atoms with Gasteiger partial charge in [0.25, 0.3) is 0 Å². The third-order valence-corrected chi connectivity index (χ3v) is 2.02. The number of phenolic OH excluding ortho intramolecular Hbond substituents is 3. The fourth-order valence-corrected chi connectivity index (χ4v) is 0.861. The standard InChI is InChI=1S/C6H6O3Se/c7-3-1-4(8)6(10)5(9)2-3/h1-2,7-10H. The zero-order valence-electron chi connectivity index (χ0n) is 4.94. The maximum absolute atomic E-state index is 8.95. The van der Waals surface area contributed by atoms with Crippen LogP contribution in [0.15, 0.2) is 12.1 Å². The topological polar surface area (TPSA) is 60.7 Å². The van der Waals surface area contributed by atoms with E-state index in [0.29, 0.717) is 4.46 Å². The average Bonchev–Trinajstić information content (AvgIpc) is 1.82. The monoisotopic (exact) mass is 206 g/mol. The summed E-state index contributed by atoms with van der Waals surface area (Å²) < 4.78 is 0.310. The Hall–Kier alpha value is -0.861. The molecule has 0 saturated carbocycles. The summed E-state index contributed by atoms with van der Waals surface area (Å²) in [6, 6.07) is 2.32. The molecular formula is C6H6O3Se. The Morgan fingerprint density at radius 2 is 1.40 bits per heavy atom. The molecule has 0 heterocycles. The van der Waals surface area contributed by atoms with Crippen LogP contribution in [-0.4, -0.2) is 31.3 Å². The van der Waals surface area contributed by atoms with Crippen LogP contribution in [0, 0.1) is 0 Å². The van der Waals surface area contributed by atoms with Gasteiger partial charge in [0.1, 0.15) is 0 Å². The van der Waals surface area contributed by atoms with Gasteiger partial charge in [-0.05, 0) is 0 Å². The van der Waals surface area contributed by atoms with Gasteiger partial charge in [0.15, 0.2) is 0 Å². The van der Waals surface area contributed by atoms with Gasteiger partial charge in [0.05, 0.1) is 0 Å². The van der Waals surface area contributed by atoms with Crippen molar-refractivity contribution in [2.75, 3.05) is 0 Å². The van der Waals surface area contributed by atoms with Gasteiger partial charge in [-0.15, -0.1) is 0 Å². The minimum atomic E-state index is -0.148. The summed E-state index contributed by atoms with van der Waals surface area (Å²) in [6.07, 6.45) is 0. The van der Waals surface area contributed by atoms with E-state index < -0.39 is 0 Å². The van der Waals surface area contributed by atoms with Crippen LogP contribution in [0.25, 0.3) is 0 Å². The zero-order valence-corrected chi connectivity index (χ0v) is 6.82. The van der Waals surface area contributed by atoms with Crippen molar-refractivity contribution in [2.45, 2.75) is 0 Å². The van der Waals surface area contributed by atoms with Gasteiger partial charge < -0.3 is 0 Å². The van der Waals surface area contributed by atoms with Gasteiger partial charge in [-0.1, -0.05) is 0 Å². The van der Waals surface area contributed by atoms with Crippen LogP contribution in [0.2, 0.25) is 0 Å².